The minimum absolute atomic E-state index is 0.140. The van der Waals surface area contributed by atoms with Crippen LogP contribution in [0.4, 0.5) is 5.13 Å². The number of rotatable bonds is 4. The molecule has 3 rings (SSSR count). The van der Waals surface area contributed by atoms with E-state index in [0.29, 0.717) is 5.13 Å². The molecular formula is C17H14N2O3S. The standard InChI is InChI=1S/C17H14N2O3S/c1-22-13-9-5-8-12(15(13)20)16(21)19-17-18-10-14(23-17)11-6-3-2-4-7-11/h2-10,20H,1H3,(H,18,19,21). The number of ether oxygens (including phenoxy) is 1. The molecule has 0 spiro atoms. The predicted molar refractivity (Wildman–Crippen MR) is 90.2 cm³/mol. The van der Waals surface area contributed by atoms with Gasteiger partial charge < -0.3 is 9.84 Å². The Morgan fingerprint density at radius 1 is 1.17 bits per heavy atom. The number of thiazole rings is 1. The summed E-state index contributed by atoms with van der Waals surface area (Å²) >= 11 is 1.37. The molecule has 0 aliphatic rings. The van der Waals surface area contributed by atoms with Crippen molar-refractivity contribution in [3.05, 3.63) is 60.3 Å². The summed E-state index contributed by atoms with van der Waals surface area (Å²) in [5.41, 5.74) is 1.18. The number of para-hydroxylation sites is 1. The lowest BCUT2D eigenvalue weighted by Crippen LogP contribution is -2.12. The van der Waals surface area contributed by atoms with Crippen molar-refractivity contribution in [1.82, 2.24) is 4.98 Å². The number of hydrogen-bond acceptors (Lipinski definition) is 5. The number of carbonyl (C=O) groups is 1. The molecule has 0 saturated heterocycles. The zero-order valence-corrected chi connectivity index (χ0v) is 13.1. The molecule has 1 amide bonds. The quantitative estimate of drug-likeness (QED) is 0.765. The molecule has 0 fully saturated rings. The van der Waals surface area contributed by atoms with Crippen LogP contribution in [0.3, 0.4) is 0 Å². The van der Waals surface area contributed by atoms with Gasteiger partial charge in [-0.2, -0.15) is 0 Å². The van der Waals surface area contributed by atoms with Crippen LogP contribution in [0, 0.1) is 0 Å². The third-order valence-electron chi connectivity index (χ3n) is 3.25. The van der Waals surface area contributed by atoms with E-state index in [-0.39, 0.29) is 17.1 Å². The van der Waals surface area contributed by atoms with Gasteiger partial charge in [-0.05, 0) is 17.7 Å². The number of nitrogens with one attached hydrogen (secondary N) is 1. The van der Waals surface area contributed by atoms with E-state index in [1.807, 2.05) is 30.3 Å². The van der Waals surface area contributed by atoms with Crippen molar-refractivity contribution in [3.8, 4) is 21.9 Å². The summed E-state index contributed by atoms with van der Waals surface area (Å²) in [6.07, 6.45) is 1.71. The molecule has 0 radical (unpaired) electrons. The van der Waals surface area contributed by atoms with Crippen molar-refractivity contribution < 1.29 is 14.6 Å². The van der Waals surface area contributed by atoms with Gasteiger partial charge in [0.15, 0.2) is 16.6 Å². The third-order valence-corrected chi connectivity index (χ3v) is 4.21. The van der Waals surface area contributed by atoms with Gasteiger partial charge in [0.05, 0.1) is 17.6 Å². The molecule has 0 aliphatic heterocycles. The highest BCUT2D eigenvalue weighted by Crippen LogP contribution is 2.32. The first kappa shape index (κ1) is 15.1. The second-order valence-electron chi connectivity index (χ2n) is 4.71. The van der Waals surface area contributed by atoms with Crippen LogP contribution in [0.15, 0.2) is 54.7 Å². The maximum absolute atomic E-state index is 12.3. The van der Waals surface area contributed by atoms with E-state index in [0.717, 1.165) is 10.4 Å². The molecule has 23 heavy (non-hydrogen) atoms. The predicted octanol–water partition coefficient (Wildman–Crippen LogP) is 3.78. The monoisotopic (exact) mass is 326 g/mol. The fourth-order valence-electron chi connectivity index (χ4n) is 2.10. The molecule has 0 unspecified atom stereocenters. The van der Waals surface area contributed by atoms with E-state index in [1.165, 1.54) is 24.5 Å². The minimum atomic E-state index is -0.435. The largest absolute Gasteiger partial charge is 0.504 e. The molecule has 0 atom stereocenters. The Bertz CT molecular complexity index is 831. The molecule has 116 valence electrons. The molecule has 1 aromatic heterocycles. The van der Waals surface area contributed by atoms with E-state index in [9.17, 15) is 9.90 Å². The smallest absolute Gasteiger partial charge is 0.261 e. The van der Waals surface area contributed by atoms with Crippen LogP contribution in [0.5, 0.6) is 11.5 Å². The second-order valence-corrected chi connectivity index (χ2v) is 5.74. The Morgan fingerprint density at radius 3 is 2.70 bits per heavy atom. The fraction of sp³-hybridized carbons (Fsp3) is 0.0588. The van der Waals surface area contributed by atoms with Crippen LogP contribution in [0.25, 0.3) is 10.4 Å². The molecule has 0 bridgehead atoms. The number of hydrogen-bond donors (Lipinski definition) is 2. The minimum Gasteiger partial charge on any atom is -0.504 e. The summed E-state index contributed by atoms with van der Waals surface area (Å²) in [6, 6.07) is 14.6. The normalized spacial score (nSPS) is 10.3. The van der Waals surface area contributed by atoms with Crippen molar-refractivity contribution in [3.63, 3.8) is 0 Å². The highest BCUT2D eigenvalue weighted by atomic mass is 32.1. The molecule has 0 aliphatic carbocycles. The SMILES string of the molecule is COc1cccc(C(=O)Nc2ncc(-c3ccccc3)s2)c1O. The molecule has 3 aromatic rings. The highest BCUT2D eigenvalue weighted by Gasteiger charge is 2.16. The number of phenolic OH excluding ortho intramolecular Hbond substituents is 1. The first-order valence-corrected chi connectivity index (χ1v) is 7.69. The molecule has 2 N–H and O–H groups in total. The van der Waals surface area contributed by atoms with Crippen molar-refractivity contribution in [2.24, 2.45) is 0 Å². The lowest BCUT2D eigenvalue weighted by molar-refractivity contribution is 0.102. The van der Waals surface area contributed by atoms with Crippen molar-refractivity contribution in [2.45, 2.75) is 0 Å². The molecule has 6 heteroatoms. The van der Waals surface area contributed by atoms with Gasteiger partial charge in [0.25, 0.3) is 5.91 Å². The van der Waals surface area contributed by atoms with Crippen LogP contribution in [0.2, 0.25) is 0 Å². The number of aromatic hydroxyl groups is 1. The summed E-state index contributed by atoms with van der Waals surface area (Å²) in [6.45, 7) is 0. The fourth-order valence-corrected chi connectivity index (χ4v) is 2.92. The van der Waals surface area contributed by atoms with E-state index in [2.05, 4.69) is 10.3 Å². The van der Waals surface area contributed by atoms with Crippen molar-refractivity contribution >= 4 is 22.4 Å². The zero-order chi connectivity index (χ0) is 16.2. The van der Waals surface area contributed by atoms with Gasteiger partial charge in [-0.15, -0.1) is 0 Å². The Hall–Kier alpha value is -2.86. The molecule has 2 aromatic carbocycles. The van der Waals surface area contributed by atoms with Crippen LogP contribution in [-0.2, 0) is 0 Å². The molecule has 0 saturated carbocycles. The van der Waals surface area contributed by atoms with E-state index in [1.54, 1.807) is 18.3 Å². The van der Waals surface area contributed by atoms with Gasteiger partial charge in [0, 0.05) is 6.20 Å². The molecule has 5 nitrogen and oxygen atoms in total. The maximum Gasteiger partial charge on any atom is 0.261 e. The molecular weight excluding hydrogens is 312 g/mol. The van der Waals surface area contributed by atoms with Crippen LogP contribution in [0.1, 0.15) is 10.4 Å². The number of anilines is 1. The van der Waals surface area contributed by atoms with Crippen molar-refractivity contribution in [1.29, 1.82) is 0 Å². The summed E-state index contributed by atoms with van der Waals surface area (Å²) in [5, 5.41) is 13.2. The number of aromatic nitrogens is 1. The Morgan fingerprint density at radius 2 is 1.96 bits per heavy atom. The number of benzene rings is 2. The van der Waals surface area contributed by atoms with E-state index >= 15 is 0 Å². The first-order valence-electron chi connectivity index (χ1n) is 6.87. The van der Waals surface area contributed by atoms with Crippen LogP contribution in [-0.4, -0.2) is 23.1 Å². The number of methoxy groups -OCH3 is 1. The van der Waals surface area contributed by atoms with Gasteiger partial charge in [-0.25, -0.2) is 4.98 Å². The van der Waals surface area contributed by atoms with Gasteiger partial charge in [-0.1, -0.05) is 47.7 Å². The van der Waals surface area contributed by atoms with Gasteiger partial charge in [0.1, 0.15) is 0 Å². The third kappa shape index (κ3) is 3.17. The molecule has 1 heterocycles. The Balaban J connectivity index is 1.80. The first-order chi connectivity index (χ1) is 11.2. The Kier molecular flexibility index (Phi) is 4.25. The lowest BCUT2D eigenvalue weighted by atomic mass is 10.2. The Labute approximate surface area is 137 Å². The summed E-state index contributed by atoms with van der Waals surface area (Å²) in [7, 11) is 1.43. The van der Waals surface area contributed by atoms with Crippen molar-refractivity contribution in [2.75, 3.05) is 12.4 Å². The number of nitrogens with zero attached hydrogens (tertiary/aromatic N) is 1. The summed E-state index contributed by atoms with van der Waals surface area (Å²) < 4.78 is 5.00. The van der Waals surface area contributed by atoms with Gasteiger partial charge >= 0.3 is 0 Å². The van der Waals surface area contributed by atoms with E-state index < -0.39 is 5.91 Å². The average molecular weight is 326 g/mol. The number of phenols is 1. The lowest BCUT2D eigenvalue weighted by Gasteiger charge is -2.07. The zero-order valence-electron chi connectivity index (χ0n) is 12.3. The van der Waals surface area contributed by atoms with Gasteiger partial charge in [-0.3, -0.25) is 10.1 Å². The number of amides is 1. The summed E-state index contributed by atoms with van der Waals surface area (Å²) in [5.74, 6) is -0.371. The van der Waals surface area contributed by atoms with Gasteiger partial charge in [0.2, 0.25) is 0 Å². The number of carbonyl (C=O) groups excluding carboxylic acids is 1. The van der Waals surface area contributed by atoms with E-state index in [4.69, 9.17) is 4.74 Å². The second kappa shape index (κ2) is 6.50. The average Bonchev–Trinajstić information content (AvgIpc) is 3.04. The van der Waals surface area contributed by atoms with Crippen LogP contribution >= 0.6 is 11.3 Å². The highest BCUT2D eigenvalue weighted by molar-refractivity contribution is 7.19. The summed E-state index contributed by atoms with van der Waals surface area (Å²) in [4.78, 5) is 17.4. The topological polar surface area (TPSA) is 71.5 Å². The van der Waals surface area contributed by atoms with Crippen LogP contribution < -0.4 is 10.1 Å². The maximum atomic E-state index is 12.3.